The van der Waals surface area contributed by atoms with Gasteiger partial charge in [-0.1, -0.05) is 6.07 Å². The second-order valence-corrected chi connectivity index (χ2v) is 6.72. The van der Waals surface area contributed by atoms with Crippen LogP contribution in [-0.4, -0.2) is 51.1 Å². The number of amides is 1. The van der Waals surface area contributed by atoms with Gasteiger partial charge in [-0.05, 0) is 25.5 Å². The molecule has 2 aliphatic rings. The number of rotatable bonds is 3. The molecule has 0 bridgehead atoms. The van der Waals surface area contributed by atoms with Crippen molar-refractivity contribution in [2.24, 2.45) is 0 Å². The number of morpholine rings is 1. The monoisotopic (exact) mass is 339 g/mol. The third-order valence-corrected chi connectivity index (χ3v) is 4.51. The number of nitrogens with zero attached hydrogens (tertiary/aromatic N) is 5. The molecule has 0 N–H and O–H groups in total. The Morgan fingerprint density at radius 1 is 1.24 bits per heavy atom. The maximum atomic E-state index is 12.6. The Balaban J connectivity index is 1.53. The molecule has 2 aromatic heterocycles. The smallest absolute Gasteiger partial charge is 0.258 e. The number of pyridine rings is 1. The van der Waals surface area contributed by atoms with Crippen LogP contribution in [0.4, 0.5) is 5.95 Å². The first-order valence-corrected chi connectivity index (χ1v) is 8.54. The summed E-state index contributed by atoms with van der Waals surface area (Å²) in [5.74, 6) is 0.658. The number of carbonyl (C=O) groups is 1. The zero-order valence-corrected chi connectivity index (χ0v) is 14.4. The summed E-state index contributed by atoms with van der Waals surface area (Å²) in [7, 11) is 0. The number of hydrogen-bond donors (Lipinski definition) is 0. The molecule has 1 amide bonds. The Kier molecular flexibility index (Phi) is 4.09. The molecule has 4 rings (SSSR count). The molecule has 2 aromatic rings. The van der Waals surface area contributed by atoms with Gasteiger partial charge >= 0.3 is 0 Å². The van der Waals surface area contributed by atoms with Crippen LogP contribution < -0.4 is 4.90 Å². The zero-order valence-electron chi connectivity index (χ0n) is 14.4. The van der Waals surface area contributed by atoms with Gasteiger partial charge in [0.15, 0.2) is 0 Å². The van der Waals surface area contributed by atoms with Gasteiger partial charge in [-0.15, -0.1) is 0 Å². The fourth-order valence-corrected chi connectivity index (χ4v) is 3.46. The largest absolute Gasteiger partial charge is 0.372 e. The maximum Gasteiger partial charge on any atom is 0.258 e. The third-order valence-electron chi connectivity index (χ3n) is 4.51. The van der Waals surface area contributed by atoms with Gasteiger partial charge in [-0.2, -0.15) is 0 Å². The summed E-state index contributed by atoms with van der Waals surface area (Å²) in [4.78, 5) is 29.7. The Labute approximate surface area is 146 Å². The molecule has 0 radical (unpaired) electrons. The standard InChI is InChI=1S/C18H21N5O2/c1-12-8-23(9-13(2)25-12)18-20-7-15-16(21-18)11-22(17(15)24)10-14-4-3-5-19-6-14/h3-7,12-13H,8-11H2,1-2H3/t12-,13-/m1/s1. The lowest BCUT2D eigenvalue weighted by molar-refractivity contribution is -0.00573. The molecule has 0 saturated carbocycles. The van der Waals surface area contributed by atoms with Crippen molar-refractivity contribution < 1.29 is 9.53 Å². The Hall–Kier alpha value is -2.54. The van der Waals surface area contributed by atoms with E-state index >= 15 is 0 Å². The van der Waals surface area contributed by atoms with E-state index in [9.17, 15) is 4.79 Å². The van der Waals surface area contributed by atoms with Gasteiger partial charge in [-0.3, -0.25) is 9.78 Å². The summed E-state index contributed by atoms with van der Waals surface area (Å²) in [6, 6.07) is 3.85. The molecule has 4 heterocycles. The molecular formula is C18H21N5O2. The fourth-order valence-electron chi connectivity index (χ4n) is 3.46. The van der Waals surface area contributed by atoms with Crippen molar-refractivity contribution in [1.29, 1.82) is 0 Å². The minimum Gasteiger partial charge on any atom is -0.372 e. The van der Waals surface area contributed by atoms with Crippen LogP contribution >= 0.6 is 0 Å². The van der Waals surface area contributed by atoms with Gasteiger partial charge in [0.25, 0.3) is 5.91 Å². The lowest BCUT2D eigenvalue weighted by Crippen LogP contribution is -2.46. The third kappa shape index (κ3) is 3.19. The molecule has 130 valence electrons. The van der Waals surface area contributed by atoms with Crippen molar-refractivity contribution in [1.82, 2.24) is 19.9 Å². The first-order valence-electron chi connectivity index (χ1n) is 8.54. The lowest BCUT2D eigenvalue weighted by Gasteiger charge is -2.35. The molecule has 1 saturated heterocycles. The van der Waals surface area contributed by atoms with E-state index in [0.717, 1.165) is 24.3 Å². The summed E-state index contributed by atoms with van der Waals surface area (Å²) in [6.07, 6.45) is 5.46. The topological polar surface area (TPSA) is 71.5 Å². The average Bonchev–Trinajstić information content (AvgIpc) is 2.90. The summed E-state index contributed by atoms with van der Waals surface area (Å²) in [5.41, 5.74) is 2.40. The SMILES string of the molecule is C[C@@H]1CN(c2ncc3c(n2)CN(Cc2cccnc2)C3=O)C[C@@H](C)O1. The van der Waals surface area contributed by atoms with E-state index in [0.29, 0.717) is 24.6 Å². The Morgan fingerprint density at radius 3 is 2.76 bits per heavy atom. The second-order valence-electron chi connectivity index (χ2n) is 6.72. The molecule has 25 heavy (non-hydrogen) atoms. The lowest BCUT2D eigenvalue weighted by atomic mass is 10.2. The number of aromatic nitrogens is 3. The van der Waals surface area contributed by atoms with Gasteiger partial charge in [-0.25, -0.2) is 9.97 Å². The first kappa shape index (κ1) is 16.0. The molecule has 0 aromatic carbocycles. The van der Waals surface area contributed by atoms with E-state index in [4.69, 9.17) is 4.74 Å². The second kappa shape index (κ2) is 6.40. The summed E-state index contributed by atoms with van der Waals surface area (Å²) < 4.78 is 5.77. The molecule has 0 aliphatic carbocycles. The molecular weight excluding hydrogens is 318 g/mol. The van der Waals surface area contributed by atoms with Gasteiger partial charge in [0.1, 0.15) is 0 Å². The Morgan fingerprint density at radius 2 is 2.04 bits per heavy atom. The number of carbonyl (C=O) groups excluding carboxylic acids is 1. The van der Waals surface area contributed by atoms with Crippen LogP contribution in [0, 0.1) is 0 Å². The van der Waals surface area contributed by atoms with E-state index in [1.165, 1.54) is 0 Å². The number of anilines is 1. The number of hydrogen-bond acceptors (Lipinski definition) is 6. The quantitative estimate of drug-likeness (QED) is 0.847. The number of fused-ring (bicyclic) bond motifs is 1. The van der Waals surface area contributed by atoms with E-state index in [1.807, 2.05) is 12.1 Å². The summed E-state index contributed by atoms with van der Waals surface area (Å²) >= 11 is 0. The molecule has 0 unspecified atom stereocenters. The average molecular weight is 339 g/mol. The minimum absolute atomic E-state index is 0.0193. The highest BCUT2D eigenvalue weighted by molar-refractivity contribution is 5.97. The molecule has 2 atom stereocenters. The van der Waals surface area contributed by atoms with Crippen molar-refractivity contribution in [2.75, 3.05) is 18.0 Å². The van der Waals surface area contributed by atoms with Gasteiger partial charge in [0.2, 0.25) is 5.95 Å². The minimum atomic E-state index is -0.0193. The van der Waals surface area contributed by atoms with Crippen LogP contribution in [0.15, 0.2) is 30.7 Å². The van der Waals surface area contributed by atoms with Crippen LogP contribution in [0.2, 0.25) is 0 Å². The first-order chi connectivity index (χ1) is 12.1. The van der Waals surface area contributed by atoms with E-state index < -0.39 is 0 Å². The fraction of sp³-hybridized carbons (Fsp3) is 0.444. The normalized spacial score (nSPS) is 23.0. The predicted octanol–water partition coefficient (Wildman–Crippen LogP) is 1.64. The predicted molar refractivity (Wildman–Crippen MR) is 92.1 cm³/mol. The highest BCUT2D eigenvalue weighted by Crippen LogP contribution is 2.25. The van der Waals surface area contributed by atoms with Gasteiger partial charge in [0.05, 0.1) is 30.0 Å². The van der Waals surface area contributed by atoms with Crippen molar-refractivity contribution >= 4 is 11.9 Å². The van der Waals surface area contributed by atoms with Crippen molar-refractivity contribution in [3.05, 3.63) is 47.5 Å². The molecule has 1 fully saturated rings. The molecule has 7 nitrogen and oxygen atoms in total. The molecule has 2 aliphatic heterocycles. The van der Waals surface area contributed by atoms with E-state index in [-0.39, 0.29) is 18.1 Å². The van der Waals surface area contributed by atoms with Crippen LogP contribution in [-0.2, 0) is 17.8 Å². The highest BCUT2D eigenvalue weighted by atomic mass is 16.5. The maximum absolute atomic E-state index is 12.6. The van der Waals surface area contributed by atoms with E-state index in [2.05, 4.69) is 33.7 Å². The van der Waals surface area contributed by atoms with Crippen LogP contribution in [0.25, 0.3) is 0 Å². The summed E-state index contributed by atoms with van der Waals surface area (Å²) in [5, 5.41) is 0. The Bertz CT molecular complexity index is 772. The van der Waals surface area contributed by atoms with Crippen molar-refractivity contribution in [3.63, 3.8) is 0 Å². The zero-order chi connectivity index (χ0) is 17.4. The number of ether oxygens (including phenoxy) is 1. The van der Waals surface area contributed by atoms with Crippen molar-refractivity contribution in [2.45, 2.75) is 39.1 Å². The van der Waals surface area contributed by atoms with Crippen molar-refractivity contribution in [3.8, 4) is 0 Å². The summed E-state index contributed by atoms with van der Waals surface area (Å²) in [6.45, 7) is 6.66. The molecule has 0 spiro atoms. The van der Waals surface area contributed by atoms with Gasteiger partial charge in [0, 0.05) is 38.2 Å². The van der Waals surface area contributed by atoms with E-state index in [1.54, 1.807) is 23.5 Å². The molecule has 7 heteroatoms. The highest BCUT2D eigenvalue weighted by Gasteiger charge is 2.31. The van der Waals surface area contributed by atoms with Crippen LogP contribution in [0.5, 0.6) is 0 Å². The van der Waals surface area contributed by atoms with Crippen LogP contribution in [0.3, 0.4) is 0 Å². The van der Waals surface area contributed by atoms with Crippen LogP contribution in [0.1, 0.15) is 35.5 Å². The van der Waals surface area contributed by atoms with Gasteiger partial charge < -0.3 is 14.5 Å².